The first kappa shape index (κ1) is 23.9. The van der Waals surface area contributed by atoms with Gasteiger partial charge in [-0.05, 0) is 34.1 Å². The summed E-state index contributed by atoms with van der Waals surface area (Å²) in [5, 5.41) is 0. The van der Waals surface area contributed by atoms with E-state index >= 15 is 0 Å². The average molecular weight is 429 g/mol. The fraction of sp³-hybridized carbons (Fsp3) is 0.957. The van der Waals surface area contributed by atoms with Gasteiger partial charge in [0, 0.05) is 0 Å². The summed E-state index contributed by atoms with van der Waals surface area (Å²) >= 11 is 0. The lowest BCUT2D eigenvalue weighted by atomic mass is 10.0. The van der Waals surface area contributed by atoms with Gasteiger partial charge in [-0.3, -0.25) is 4.79 Å². The average Bonchev–Trinajstić information content (AvgIpc) is 3.27. The van der Waals surface area contributed by atoms with Crippen LogP contribution in [0.5, 0.6) is 0 Å². The van der Waals surface area contributed by atoms with Gasteiger partial charge >= 0.3 is 5.97 Å². The van der Waals surface area contributed by atoms with Gasteiger partial charge in [-0.15, -0.1) is 0 Å². The third-order valence-electron chi connectivity index (χ3n) is 6.07. The van der Waals surface area contributed by atoms with Gasteiger partial charge in [0.05, 0.1) is 12.5 Å². The van der Waals surface area contributed by atoms with E-state index in [9.17, 15) is 4.79 Å². The van der Waals surface area contributed by atoms with Crippen molar-refractivity contribution in [1.29, 1.82) is 0 Å². The second-order valence-corrected chi connectivity index (χ2v) is 9.80. The molecule has 3 saturated heterocycles. The molecule has 0 spiro atoms. The predicted molar refractivity (Wildman–Crippen MR) is 111 cm³/mol. The third-order valence-corrected chi connectivity index (χ3v) is 6.07. The molecule has 0 radical (unpaired) electrons. The maximum Gasteiger partial charge on any atom is 0.309 e. The Bertz CT molecular complexity index is 576. The molecule has 3 aliphatic rings. The smallest absolute Gasteiger partial charge is 0.309 e. The van der Waals surface area contributed by atoms with Gasteiger partial charge in [0.15, 0.2) is 30.1 Å². The molecule has 0 bridgehead atoms. The second-order valence-electron chi connectivity index (χ2n) is 9.80. The molecule has 6 atom stereocenters. The van der Waals surface area contributed by atoms with Crippen molar-refractivity contribution in [3.8, 4) is 0 Å². The normalized spacial score (nSPS) is 35.3. The summed E-state index contributed by atoms with van der Waals surface area (Å²) in [5.74, 6) is -1.84. The SMILES string of the molecule is CCCCCCCC[C@@H](C)C(=O)O[C@@H]1[C@H]2OC(C)(C)O[C@H]2O[C@@H]1[C@H]1COC(C)(C)O1. The summed E-state index contributed by atoms with van der Waals surface area (Å²) in [5.41, 5.74) is 0. The Labute approximate surface area is 181 Å². The lowest BCUT2D eigenvalue weighted by Gasteiger charge is -2.29. The largest absolute Gasteiger partial charge is 0.456 e. The molecule has 0 aliphatic carbocycles. The molecular weight excluding hydrogens is 388 g/mol. The Morgan fingerprint density at radius 1 is 0.967 bits per heavy atom. The number of unbranched alkanes of at least 4 members (excludes halogenated alkanes) is 5. The minimum atomic E-state index is -0.776. The molecule has 0 saturated carbocycles. The van der Waals surface area contributed by atoms with E-state index in [1.807, 2.05) is 34.6 Å². The van der Waals surface area contributed by atoms with Crippen LogP contribution in [0, 0.1) is 5.92 Å². The van der Waals surface area contributed by atoms with Crippen LogP contribution >= 0.6 is 0 Å². The van der Waals surface area contributed by atoms with Gasteiger partial charge in [-0.2, -0.15) is 0 Å². The van der Waals surface area contributed by atoms with Crippen LogP contribution in [0.25, 0.3) is 0 Å². The standard InChI is InChI=1S/C23H40O7/c1-7-8-9-10-11-12-13-15(2)20(24)26-18-17(16-14-25-22(3,4)28-16)27-21-19(18)29-23(5,6)30-21/h15-19,21H,7-14H2,1-6H3/t15-,16-,17-,18+,19-,21-/m1/s1. The Morgan fingerprint density at radius 3 is 2.33 bits per heavy atom. The van der Waals surface area contributed by atoms with E-state index in [4.69, 9.17) is 28.4 Å². The van der Waals surface area contributed by atoms with E-state index in [0.717, 1.165) is 19.3 Å². The second kappa shape index (κ2) is 9.82. The molecule has 30 heavy (non-hydrogen) atoms. The lowest BCUT2D eigenvalue weighted by Crippen LogP contribution is -2.45. The molecule has 3 fully saturated rings. The molecule has 0 aromatic carbocycles. The van der Waals surface area contributed by atoms with Crippen molar-refractivity contribution in [1.82, 2.24) is 0 Å². The Kier molecular flexibility index (Phi) is 7.83. The van der Waals surface area contributed by atoms with Gasteiger partial charge in [0.1, 0.15) is 12.2 Å². The van der Waals surface area contributed by atoms with Crippen molar-refractivity contribution in [3.63, 3.8) is 0 Å². The number of hydrogen-bond donors (Lipinski definition) is 0. The van der Waals surface area contributed by atoms with E-state index < -0.39 is 36.2 Å². The number of hydrogen-bond acceptors (Lipinski definition) is 7. The zero-order chi connectivity index (χ0) is 21.9. The van der Waals surface area contributed by atoms with E-state index in [0.29, 0.717) is 6.61 Å². The fourth-order valence-corrected chi connectivity index (χ4v) is 4.41. The predicted octanol–water partition coefficient (Wildman–Crippen LogP) is 4.31. The van der Waals surface area contributed by atoms with Crippen LogP contribution in [0.3, 0.4) is 0 Å². The molecular formula is C23H40O7. The summed E-state index contributed by atoms with van der Waals surface area (Å²) in [4.78, 5) is 12.9. The first-order valence-corrected chi connectivity index (χ1v) is 11.7. The topological polar surface area (TPSA) is 72.5 Å². The van der Waals surface area contributed by atoms with Crippen LogP contribution in [0.4, 0.5) is 0 Å². The van der Waals surface area contributed by atoms with Gasteiger partial charge < -0.3 is 28.4 Å². The molecule has 7 nitrogen and oxygen atoms in total. The number of fused-ring (bicyclic) bond motifs is 1. The van der Waals surface area contributed by atoms with Crippen LogP contribution in [0.15, 0.2) is 0 Å². The monoisotopic (exact) mass is 428 g/mol. The number of ether oxygens (including phenoxy) is 6. The van der Waals surface area contributed by atoms with Crippen molar-refractivity contribution in [2.75, 3.05) is 6.61 Å². The van der Waals surface area contributed by atoms with Gasteiger partial charge in [-0.25, -0.2) is 0 Å². The molecule has 0 amide bonds. The van der Waals surface area contributed by atoms with Crippen molar-refractivity contribution in [2.24, 2.45) is 5.92 Å². The maximum atomic E-state index is 12.9. The van der Waals surface area contributed by atoms with E-state index in [-0.39, 0.29) is 18.0 Å². The number of carbonyl (C=O) groups is 1. The highest BCUT2D eigenvalue weighted by Gasteiger charge is 2.60. The number of carbonyl (C=O) groups excluding carboxylic acids is 1. The summed E-state index contributed by atoms with van der Waals surface area (Å²) in [6.45, 7) is 11.9. The molecule has 3 aliphatic heterocycles. The van der Waals surface area contributed by atoms with Crippen LogP contribution in [0.1, 0.15) is 86.5 Å². The summed E-state index contributed by atoms with van der Waals surface area (Å²) < 4.78 is 35.6. The zero-order valence-corrected chi connectivity index (χ0v) is 19.5. The summed E-state index contributed by atoms with van der Waals surface area (Å²) in [7, 11) is 0. The van der Waals surface area contributed by atoms with Crippen molar-refractivity contribution in [3.05, 3.63) is 0 Å². The third kappa shape index (κ3) is 5.94. The van der Waals surface area contributed by atoms with Gasteiger partial charge in [0.25, 0.3) is 0 Å². The van der Waals surface area contributed by atoms with E-state index in [1.165, 1.54) is 25.7 Å². The fourth-order valence-electron chi connectivity index (χ4n) is 4.41. The maximum absolute atomic E-state index is 12.9. The summed E-state index contributed by atoms with van der Waals surface area (Å²) in [6, 6.07) is 0. The highest BCUT2D eigenvalue weighted by molar-refractivity contribution is 5.72. The van der Waals surface area contributed by atoms with Crippen molar-refractivity contribution in [2.45, 2.75) is 129 Å². The van der Waals surface area contributed by atoms with Crippen LogP contribution in [0.2, 0.25) is 0 Å². The first-order valence-electron chi connectivity index (χ1n) is 11.7. The van der Waals surface area contributed by atoms with Crippen LogP contribution in [-0.4, -0.2) is 54.9 Å². The van der Waals surface area contributed by atoms with Crippen molar-refractivity contribution >= 4 is 5.97 Å². The highest BCUT2D eigenvalue weighted by Crippen LogP contribution is 2.42. The number of rotatable bonds is 10. The van der Waals surface area contributed by atoms with Gasteiger partial charge in [0.2, 0.25) is 0 Å². The minimum Gasteiger partial charge on any atom is -0.456 e. The summed E-state index contributed by atoms with van der Waals surface area (Å²) in [6.07, 6.45) is 5.59. The van der Waals surface area contributed by atoms with Gasteiger partial charge in [-0.1, -0.05) is 52.4 Å². The Morgan fingerprint density at radius 2 is 1.67 bits per heavy atom. The number of esters is 1. The molecule has 0 aromatic heterocycles. The molecule has 0 N–H and O–H groups in total. The van der Waals surface area contributed by atoms with Crippen LogP contribution in [-0.2, 0) is 33.2 Å². The highest BCUT2D eigenvalue weighted by atomic mass is 16.8. The lowest BCUT2D eigenvalue weighted by molar-refractivity contribution is -0.235. The van der Waals surface area contributed by atoms with Crippen LogP contribution < -0.4 is 0 Å². The Hall–Kier alpha value is -0.730. The quantitative estimate of drug-likeness (QED) is 0.379. The first-order chi connectivity index (χ1) is 14.1. The minimum absolute atomic E-state index is 0.164. The Balaban J connectivity index is 1.56. The molecule has 174 valence electrons. The molecule has 0 aromatic rings. The zero-order valence-electron chi connectivity index (χ0n) is 19.5. The van der Waals surface area contributed by atoms with Crippen molar-refractivity contribution < 1.29 is 33.2 Å². The molecule has 3 heterocycles. The van der Waals surface area contributed by atoms with E-state index in [1.54, 1.807) is 0 Å². The molecule has 7 heteroatoms. The molecule has 3 rings (SSSR count). The molecule has 0 unspecified atom stereocenters. The van der Waals surface area contributed by atoms with E-state index in [2.05, 4.69) is 6.92 Å².